The van der Waals surface area contributed by atoms with Gasteiger partial charge in [-0.15, -0.1) is 0 Å². The van der Waals surface area contributed by atoms with Crippen molar-refractivity contribution in [2.45, 2.75) is 19.3 Å². The molecule has 5 heteroatoms. The Labute approximate surface area is 128 Å². The molecule has 1 aliphatic heterocycles. The summed E-state index contributed by atoms with van der Waals surface area (Å²) in [6, 6.07) is 6.28. The highest BCUT2D eigenvalue weighted by Gasteiger charge is 2.20. The van der Waals surface area contributed by atoms with E-state index in [0.717, 1.165) is 25.9 Å². The van der Waals surface area contributed by atoms with Gasteiger partial charge in [-0.2, -0.15) is 0 Å². The number of piperidine rings is 1. The Morgan fingerprint density at radius 2 is 2.00 bits per heavy atom. The fraction of sp³-hybridized carbons (Fsp3) is 0.353. The average molecular weight is 302 g/mol. The number of hydrogen-bond donors (Lipinski definition) is 1. The Kier molecular flexibility index (Phi) is 4.13. The van der Waals surface area contributed by atoms with E-state index in [9.17, 15) is 9.18 Å². The molecule has 3 rings (SSSR count). The Hall–Kier alpha value is -2.30. The summed E-state index contributed by atoms with van der Waals surface area (Å²) in [4.78, 5) is 17.2. The van der Waals surface area contributed by atoms with Crippen molar-refractivity contribution in [1.82, 2.24) is 9.88 Å². The molecule has 116 valence electrons. The molecule has 0 atom stereocenters. The van der Waals surface area contributed by atoms with Gasteiger partial charge in [0, 0.05) is 30.4 Å². The van der Waals surface area contributed by atoms with E-state index in [2.05, 4.69) is 4.98 Å². The van der Waals surface area contributed by atoms with Crippen LogP contribution in [0.2, 0.25) is 0 Å². The van der Waals surface area contributed by atoms with Crippen LogP contribution in [0.15, 0.2) is 30.5 Å². The third kappa shape index (κ3) is 2.84. The third-order valence-electron chi connectivity index (χ3n) is 4.04. The van der Waals surface area contributed by atoms with Gasteiger partial charge in [-0.1, -0.05) is 0 Å². The molecule has 22 heavy (non-hydrogen) atoms. The van der Waals surface area contributed by atoms with Gasteiger partial charge in [-0.05, 0) is 43.5 Å². The number of aromatic amines is 1. The molecule has 0 spiro atoms. The molecule has 4 nitrogen and oxygen atoms in total. The number of likely N-dealkylation sites (tertiary alicyclic amines) is 1. The van der Waals surface area contributed by atoms with E-state index in [4.69, 9.17) is 4.74 Å². The predicted octanol–water partition coefficient (Wildman–Crippen LogP) is 3.46. The Morgan fingerprint density at radius 3 is 2.73 bits per heavy atom. The zero-order valence-corrected chi connectivity index (χ0v) is 12.6. The zero-order chi connectivity index (χ0) is 15.5. The number of nitrogens with one attached hydrogen (secondary N) is 1. The molecule has 0 aliphatic carbocycles. The molecular weight excluding hydrogens is 283 g/mol. The van der Waals surface area contributed by atoms with Gasteiger partial charge in [-0.25, -0.2) is 4.39 Å². The topological polar surface area (TPSA) is 45.3 Å². The summed E-state index contributed by atoms with van der Waals surface area (Å²) in [5.74, 6) is 0.229. The minimum atomic E-state index is -0.336. The van der Waals surface area contributed by atoms with Crippen molar-refractivity contribution in [3.05, 3.63) is 42.0 Å². The Morgan fingerprint density at radius 1 is 1.23 bits per heavy atom. The first-order chi connectivity index (χ1) is 10.7. The molecular formula is C17H19FN2O2. The summed E-state index contributed by atoms with van der Waals surface area (Å²) in [7, 11) is 1.54. The molecule has 1 amide bonds. The second-order valence-corrected chi connectivity index (χ2v) is 5.50. The number of amides is 1. The number of aromatic nitrogens is 1. The van der Waals surface area contributed by atoms with E-state index in [1.165, 1.54) is 12.5 Å². The van der Waals surface area contributed by atoms with Gasteiger partial charge < -0.3 is 14.6 Å². The lowest BCUT2D eigenvalue weighted by Gasteiger charge is -2.26. The first-order valence-corrected chi connectivity index (χ1v) is 7.50. The molecule has 0 unspecified atom stereocenters. The standard InChI is InChI=1S/C17H19FN2O2/c1-22-13-5-6-15(18)14(10-13)12-9-16(19-11-12)17(21)20-7-3-2-4-8-20/h5-6,9-11,19H,2-4,7-8H2,1H3. The van der Waals surface area contributed by atoms with Crippen LogP contribution >= 0.6 is 0 Å². The van der Waals surface area contributed by atoms with Crippen LogP contribution < -0.4 is 4.74 Å². The summed E-state index contributed by atoms with van der Waals surface area (Å²) < 4.78 is 19.1. The summed E-state index contributed by atoms with van der Waals surface area (Å²) in [6.07, 6.45) is 4.93. The zero-order valence-electron chi connectivity index (χ0n) is 12.6. The number of H-pyrrole nitrogens is 1. The second-order valence-electron chi connectivity index (χ2n) is 5.50. The molecule has 1 fully saturated rings. The van der Waals surface area contributed by atoms with E-state index in [-0.39, 0.29) is 11.7 Å². The Balaban J connectivity index is 1.85. The number of halogens is 1. The lowest BCUT2D eigenvalue weighted by molar-refractivity contribution is 0.0719. The molecule has 1 aromatic carbocycles. The molecule has 2 aromatic rings. The highest BCUT2D eigenvalue weighted by molar-refractivity contribution is 5.94. The van der Waals surface area contributed by atoms with Gasteiger partial charge in [0.05, 0.1) is 7.11 Å². The minimum absolute atomic E-state index is 0.0192. The van der Waals surface area contributed by atoms with Crippen LogP contribution in [-0.2, 0) is 0 Å². The molecule has 1 saturated heterocycles. The second kappa shape index (κ2) is 6.22. The summed E-state index contributed by atoms with van der Waals surface area (Å²) in [5, 5.41) is 0. The van der Waals surface area contributed by atoms with Crippen molar-refractivity contribution in [3.63, 3.8) is 0 Å². The summed E-state index contributed by atoms with van der Waals surface area (Å²) in [5.41, 5.74) is 1.57. The van der Waals surface area contributed by atoms with Gasteiger partial charge in [0.15, 0.2) is 0 Å². The first-order valence-electron chi connectivity index (χ1n) is 7.50. The van der Waals surface area contributed by atoms with Gasteiger partial charge in [0.1, 0.15) is 17.3 Å². The van der Waals surface area contributed by atoms with Gasteiger partial charge in [0.25, 0.3) is 5.91 Å². The van der Waals surface area contributed by atoms with Crippen LogP contribution in [0, 0.1) is 5.82 Å². The monoisotopic (exact) mass is 302 g/mol. The first kappa shape index (κ1) is 14.6. The van der Waals surface area contributed by atoms with Crippen LogP contribution in [0.4, 0.5) is 4.39 Å². The lowest BCUT2D eigenvalue weighted by Crippen LogP contribution is -2.35. The van der Waals surface area contributed by atoms with Gasteiger partial charge in [-0.3, -0.25) is 4.79 Å². The summed E-state index contributed by atoms with van der Waals surface area (Å²) in [6.45, 7) is 1.58. The molecule has 0 bridgehead atoms. The number of methoxy groups -OCH3 is 1. The number of carbonyl (C=O) groups is 1. The highest BCUT2D eigenvalue weighted by Crippen LogP contribution is 2.28. The number of carbonyl (C=O) groups excluding carboxylic acids is 1. The predicted molar refractivity (Wildman–Crippen MR) is 82.5 cm³/mol. The van der Waals surface area contributed by atoms with Crippen LogP contribution in [0.3, 0.4) is 0 Å². The fourth-order valence-electron chi connectivity index (χ4n) is 2.79. The maximum atomic E-state index is 14.0. The third-order valence-corrected chi connectivity index (χ3v) is 4.04. The fourth-order valence-corrected chi connectivity index (χ4v) is 2.79. The molecule has 1 N–H and O–H groups in total. The summed E-state index contributed by atoms with van der Waals surface area (Å²) >= 11 is 0. The molecule has 2 heterocycles. The van der Waals surface area contributed by atoms with Crippen LogP contribution in [0.5, 0.6) is 5.75 Å². The molecule has 0 saturated carbocycles. The maximum Gasteiger partial charge on any atom is 0.270 e. The number of benzene rings is 1. The largest absolute Gasteiger partial charge is 0.497 e. The van der Waals surface area contributed by atoms with Crippen LogP contribution in [0.1, 0.15) is 29.8 Å². The van der Waals surface area contributed by atoms with Crippen molar-refractivity contribution in [3.8, 4) is 16.9 Å². The molecule has 0 radical (unpaired) electrons. The van der Waals surface area contributed by atoms with E-state index in [1.54, 1.807) is 31.5 Å². The SMILES string of the molecule is COc1ccc(F)c(-c2c[nH]c(C(=O)N3CCCCC3)c2)c1. The lowest BCUT2D eigenvalue weighted by atomic mass is 10.1. The normalized spacial score (nSPS) is 14.9. The maximum absolute atomic E-state index is 14.0. The number of rotatable bonds is 3. The molecule has 1 aromatic heterocycles. The number of ether oxygens (including phenoxy) is 1. The van der Waals surface area contributed by atoms with Crippen molar-refractivity contribution >= 4 is 5.91 Å². The number of nitrogens with zero attached hydrogens (tertiary/aromatic N) is 1. The van der Waals surface area contributed by atoms with E-state index >= 15 is 0 Å². The smallest absolute Gasteiger partial charge is 0.270 e. The van der Waals surface area contributed by atoms with E-state index in [1.807, 2.05) is 4.90 Å². The molecule has 1 aliphatic rings. The highest BCUT2D eigenvalue weighted by atomic mass is 19.1. The van der Waals surface area contributed by atoms with Crippen LogP contribution in [0.25, 0.3) is 11.1 Å². The van der Waals surface area contributed by atoms with Crippen molar-refractivity contribution in [2.75, 3.05) is 20.2 Å². The minimum Gasteiger partial charge on any atom is -0.497 e. The van der Waals surface area contributed by atoms with E-state index in [0.29, 0.717) is 22.6 Å². The van der Waals surface area contributed by atoms with Crippen LogP contribution in [-0.4, -0.2) is 36.0 Å². The van der Waals surface area contributed by atoms with Gasteiger partial charge in [0.2, 0.25) is 0 Å². The van der Waals surface area contributed by atoms with Crippen molar-refractivity contribution < 1.29 is 13.9 Å². The van der Waals surface area contributed by atoms with E-state index < -0.39 is 0 Å². The van der Waals surface area contributed by atoms with Crippen molar-refractivity contribution in [1.29, 1.82) is 0 Å². The van der Waals surface area contributed by atoms with Gasteiger partial charge >= 0.3 is 0 Å². The quantitative estimate of drug-likeness (QED) is 0.943. The Bertz CT molecular complexity index is 675. The van der Waals surface area contributed by atoms with Crippen molar-refractivity contribution in [2.24, 2.45) is 0 Å². The average Bonchev–Trinajstić information content (AvgIpc) is 3.05. The number of hydrogen-bond acceptors (Lipinski definition) is 2.